The van der Waals surface area contributed by atoms with Crippen molar-refractivity contribution in [3.63, 3.8) is 0 Å². The number of hydrogen-bond donors (Lipinski definition) is 1. The van der Waals surface area contributed by atoms with Gasteiger partial charge in [0.15, 0.2) is 5.12 Å². The van der Waals surface area contributed by atoms with Gasteiger partial charge in [0.05, 0.1) is 5.56 Å². The van der Waals surface area contributed by atoms with Crippen molar-refractivity contribution in [3.05, 3.63) is 35.7 Å². The van der Waals surface area contributed by atoms with E-state index in [0.29, 0.717) is 12.2 Å². The van der Waals surface area contributed by atoms with Crippen molar-refractivity contribution in [1.29, 1.82) is 0 Å². The lowest BCUT2D eigenvalue weighted by atomic mass is 10.1. The number of phenols is 1. The molecule has 1 rings (SSSR count). The molecule has 0 aliphatic heterocycles. The SMILES string of the molecule is CC(=O)SCCC=Cc1c(O)cccc1F. The average molecular weight is 240 g/mol. The third kappa shape index (κ3) is 4.06. The van der Waals surface area contributed by atoms with Crippen LogP contribution in [0.1, 0.15) is 18.9 Å². The molecule has 0 bridgehead atoms. The fourth-order valence-corrected chi connectivity index (χ4v) is 1.70. The van der Waals surface area contributed by atoms with Crippen molar-refractivity contribution in [3.8, 4) is 5.75 Å². The number of benzene rings is 1. The Kier molecular flexibility index (Phi) is 5.05. The summed E-state index contributed by atoms with van der Waals surface area (Å²) in [5.41, 5.74) is 0.190. The summed E-state index contributed by atoms with van der Waals surface area (Å²) in [6.45, 7) is 1.51. The number of thioether (sulfide) groups is 1. The minimum absolute atomic E-state index is 0.0714. The summed E-state index contributed by atoms with van der Waals surface area (Å²) in [6, 6.07) is 4.18. The molecule has 0 heterocycles. The fraction of sp³-hybridized carbons (Fsp3) is 0.250. The Balaban J connectivity index is 2.53. The third-order valence-corrected chi connectivity index (χ3v) is 2.75. The highest BCUT2D eigenvalue weighted by atomic mass is 32.2. The van der Waals surface area contributed by atoms with E-state index in [-0.39, 0.29) is 16.4 Å². The Bertz CT molecular complexity index is 382. The second-order valence-corrected chi connectivity index (χ2v) is 4.48. The van der Waals surface area contributed by atoms with E-state index < -0.39 is 5.82 Å². The van der Waals surface area contributed by atoms with Crippen LogP contribution in [0.4, 0.5) is 4.39 Å². The Hall–Kier alpha value is -1.29. The molecule has 0 amide bonds. The monoisotopic (exact) mass is 240 g/mol. The van der Waals surface area contributed by atoms with Crippen LogP contribution >= 0.6 is 11.8 Å². The quantitative estimate of drug-likeness (QED) is 0.821. The molecule has 0 aliphatic carbocycles. The second-order valence-electron chi connectivity index (χ2n) is 3.20. The highest BCUT2D eigenvalue weighted by molar-refractivity contribution is 8.13. The van der Waals surface area contributed by atoms with Gasteiger partial charge in [-0.05, 0) is 18.6 Å². The van der Waals surface area contributed by atoms with E-state index in [1.165, 1.54) is 43.0 Å². The molecule has 16 heavy (non-hydrogen) atoms. The van der Waals surface area contributed by atoms with Gasteiger partial charge in [-0.25, -0.2) is 4.39 Å². The summed E-state index contributed by atoms with van der Waals surface area (Å²) < 4.78 is 13.2. The number of rotatable bonds is 4. The Morgan fingerprint density at radius 1 is 1.56 bits per heavy atom. The molecule has 0 spiro atoms. The molecule has 1 aromatic rings. The summed E-state index contributed by atoms with van der Waals surface area (Å²) >= 11 is 1.23. The Morgan fingerprint density at radius 2 is 2.31 bits per heavy atom. The van der Waals surface area contributed by atoms with Crippen molar-refractivity contribution in [2.75, 3.05) is 5.75 Å². The topological polar surface area (TPSA) is 37.3 Å². The summed E-state index contributed by atoms with van der Waals surface area (Å²) in [7, 11) is 0. The molecule has 2 nitrogen and oxygen atoms in total. The van der Waals surface area contributed by atoms with Gasteiger partial charge in [-0.15, -0.1) is 0 Å². The number of carbonyl (C=O) groups is 1. The van der Waals surface area contributed by atoms with Crippen molar-refractivity contribution < 1.29 is 14.3 Å². The van der Waals surface area contributed by atoms with Crippen LogP contribution in [0, 0.1) is 5.82 Å². The maximum absolute atomic E-state index is 13.2. The summed E-state index contributed by atoms with van der Waals surface area (Å²) in [6.07, 6.45) is 3.94. The zero-order chi connectivity index (χ0) is 12.0. The molecule has 0 fully saturated rings. The Labute approximate surface area is 98.2 Å². The van der Waals surface area contributed by atoms with Crippen LogP contribution < -0.4 is 0 Å². The first-order chi connectivity index (χ1) is 7.61. The molecule has 4 heteroatoms. The predicted molar refractivity (Wildman–Crippen MR) is 64.9 cm³/mol. The summed E-state index contributed by atoms with van der Waals surface area (Å²) in [5, 5.41) is 9.46. The fourth-order valence-electron chi connectivity index (χ4n) is 1.16. The van der Waals surface area contributed by atoms with E-state index in [1.807, 2.05) is 0 Å². The van der Waals surface area contributed by atoms with E-state index in [9.17, 15) is 14.3 Å². The lowest BCUT2D eigenvalue weighted by Crippen LogP contribution is -1.85. The standard InChI is InChI=1S/C12H13FO2S/c1-9(14)16-8-3-2-5-10-11(13)6-4-7-12(10)15/h2,4-7,15H,3,8H2,1H3. The lowest BCUT2D eigenvalue weighted by molar-refractivity contribution is -0.109. The van der Waals surface area contributed by atoms with E-state index in [2.05, 4.69) is 0 Å². The first-order valence-corrected chi connectivity index (χ1v) is 5.87. The molecule has 1 N–H and O–H groups in total. The molecule has 86 valence electrons. The lowest BCUT2D eigenvalue weighted by Gasteiger charge is -1.99. The molecule has 0 unspecified atom stereocenters. The van der Waals surface area contributed by atoms with Crippen LogP contribution in [0.3, 0.4) is 0 Å². The average Bonchev–Trinajstić information content (AvgIpc) is 2.21. The Morgan fingerprint density at radius 3 is 2.94 bits per heavy atom. The van der Waals surface area contributed by atoms with Gasteiger partial charge < -0.3 is 5.11 Å². The first-order valence-electron chi connectivity index (χ1n) is 4.88. The molecule has 0 aliphatic rings. The highest BCUT2D eigenvalue weighted by Crippen LogP contribution is 2.21. The van der Waals surface area contributed by atoms with Gasteiger partial charge in [0.2, 0.25) is 0 Å². The molecule has 1 aromatic carbocycles. The number of carbonyl (C=O) groups excluding carboxylic acids is 1. The smallest absolute Gasteiger partial charge is 0.185 e. The van der Waals surface area contributed by atoms with Gasteiger partial charge in [0.25, 0.3) is 0 Å². The van der Waals surface area contributed by atoms with Crippen molar-refractivity contribution in [1.82, 2.24) is 0 Å². The van der Waals surface area contributed by atoms with E-state index in [0.717, 1.165) is 0 Å². The van der Waals surface area contributed by atoms with Crippen LogP contribution in [0.25, 0.3) is 6.08 Å². The summed E-state index contributed by atoms with van der Waals surface area (Å²) in [5.74, 6) is 0.145. The van der Waals surface area contributed by atoms with Gasteiger partial charge >= 0.3 is 0 Å². The van der Waals surface area contributed by atoms with Crippen molar-refractivity contribution in [2.45, 2.75) is 13.3 Å². The number of allylic oxidation sites excluding steroid dienone is 1. The molecule has 0 saturated heterocycles. The van der Waals surface area contributed by atoms with Gasteiger partial charge in [-0.2, -0.15) is 0 Å². The van der Waals surface area contributed by atoms with Gasteiger partial charge in [-0.1, -0.05) is 30.0 Å². The van der Waals surface area contributed by atoms with E-state index >= 15 is 0 Å². The largest absolute Gasteiger partial charge is 0.507 e. The number of halogens is 1. The van der Waals surface area contributed by atoms with Gasteiger partial charge in [0, 0.05) is 12.7 Å². The second kappa shape index (κ2) is 6.33. The van der Waals surface area contributed by atoms with E-state index in [1.54, 1.807) is 6.08 Å². The van der Waals surface area contributed by atoms with Crippen LogP contribution in [-0.4, -0.2) is 16.0 Å². The first kappa shape index (κ1) is 12.8. The van der Waals surface area contributed by atoms with Crippen molar-refractivity contribution >= 4 is 23.0 Å². The number of hydrogen-bond acceptors (Lipinski definition) is 3. The van der Waals surface area contributed by atoms with Gasteiger partial charge in [0.1, 0.15) is 11.6 Å². The minimum Gasteiger partial charge on any atom is -0.507 e. The van der Waals surface area contributed by atoms with Crippen LogP contribution in [-0.2, 0) is 4.79 Å². The zero-order valence-electron chi connectivity index (χ0n) is 8.94. The maximum Gasteiger partial charge on any atom is 0.185 e. The van der Waals surface area contributed by atoms with Crippen LogP contribution in [0.5, 0.6) is 5.75 Å². The summed E-state index contributed by atoms with van der Waals surface area (Å²) in [4.78, 5) is 10.6. The molecule has 0 atom stereocenters. The molecule has 0 saturated carbocycles. The zero-order valence-corrected chi connectivity index (χ0v) is 9.76. The molecular weight excluding hydrogens is 227 g/mol. The van der Waals surface area contributed by atoms with Crippen molar-refractivity contribution in [2.24, 2.45) is 0 Å². The molecular formula is C12H13FO2S. The van der Waals surface area contributed by atoms with Gasteiger partial charge in [-0.3, -0.25) is 4.79 Å². The number of phenolic OH excluding ortho intramolecular Hbond substituents is 1. The molecule has 0 aromatic heterocycles. The normalized spacial score (nSPS) is 10.9. The highest BCUT2D eigenvalue weighted by Gasteiger charge is 2.02. The predicted octanol–water partition coefficient (Wildman–Crippen LogP) is 3.21. The third-order valence-electron chi connectivity index (χ3n) is 1.90. The van der Waals surface area contributed by atoms with E-state index in [4.69, 9.17) is 0 Å². The van der Waals surface area contributed by atoms with Crippen LogP contribution in [0.15, 0.2) is 24.3 Å². The minimum atomic E-state index is -0.449. The number of aromatic hydroxyl groups is 1. The van der Waals surface area contributed by atoms with Crippen LogP contribution in [0.2, 0.25) is 0 Å². The molecule has 0 radical (unpaired) electrons. The maximum atomic E-state index is 13.2.